The molecule has 0 fully saturated rings. The van der Waals surface area contributed by atoms with E-state index >= 15 is 0 Å². The molecule has 0 bridgehead atoms. The Morgan fingerprint density at radius 1 is 1.53 bits per heavy atom. The lowest BCUT2D eigenvalue weighted by molar-refractivity contribution is -0.147. The molecule has 1 aromatic rings. The van der Waals surface area contributed by atoms with Crippen LogP contribution in [0.2, 0.25) is 0 Å². The highest BCUT2D eigenvalue weighted by Gasteiger charge is 2.36. The lowest BCUT2D eigenvalue weighted by Crippen LogP contribution is -2.55. The number of hydrogen-bond acceptors (Lipinski definition) is 4. The number of carbonyl (C=O) groups is 2. The number of oxazole rings is 1. The molecule has 0 aliphatic rings. The first-order valence-corrected chi connectivity index (χ1v) is 5.99. The Kier molecular flexibility index (Phi) is 4.52. The highest BCUT2D eigenvalue weighted by Crippen LogP contribution is 2.14. The fourth-order valence-corrected chi connectivity index (χ4v) is 1.64. The zero-order chi connectivity index (χ0) is 14.6. The van der Waals surface area contributed by atoms with Gasteiger partial charge in [-0.05, 0) is 27.7 Å². The second kappa shape index (κ2) is 5.73. The number of urea groups is 1. The van der Waals surface area contributed by atoms with Crippen molar-refractivity contribution in [3.63, 3.8) is 0 Å². The number of likely N-dealkylation sites (N-methyl/N-ethyl adjacent to an activating group) is 1. The van der Waals surface area contributed by atoms with Crippen LogP contribution in [-0.2, 0) is 11.3 Å². The summed E-state index contributed by atoms with van der Waals surface area (Å²) in [6, 6.07) is -0.467. The molecule has 2 amide bonds. The predicted molar refractivity (Wildman–Crippen MR) is 67.6 cm³/mol. The Balaban J connectivity index is 2.67. The van der Waals surface area contributed by atoms with Gasteiger partial charge in [0, 0.05) is 6.54 Å². The van der Waals surface area contributed by atoms with Crippen molar-refractivity contribution in [2.45, 2.75) is 39.8 Å². The second-order valence-electron chi connectivity index (χ2n) is 4.63. The first-order valence-electron chi connectivity index (χ1n) is 5.99. The molecule has 19 heavy (non-hydrogen) atoms. The molecule has 0 atom stereocenters. The number of aliphatic carboxylic acids is 1. The largest absolute Gasteiger partial charge is 0.480 e. The van der Waals surface area contributed by atoms with E-state index in [1.165, 1.54) is 18.7 Å². The van der Waals surface area contributed by atoms with Crippen LogP contribution in [0, 0.1) is 6.92 Å². The number of carbonyl (C=O) groups excluding carboxylic acids is 1. The third kappa shape index (κ3) is 3.46. The van der Waals surface area contributed by atoms with Crippen molar-refractivity contribution in [1.82, 2.24) is 15.2 Å². The summed E-state index contributed by atoms with van der Waals surface area (Å²) < 4.78 is 5.22. The molecule has 0 aromatic carbocycles. The average molecular weight is 269 g/mol. The van der Waals surface area contributed by atoms with Crippen LogP contribution in [0.5, 0.6) is 0 Å². The van der Waals surface area contributed by atoms with E-state index in [0.717, 1.165) is 0 Å². The van der Waals surface area contributed by atoms with E-state index in [4.69, 9.17) is 9.52 Å². The molecular formula is C12H19N3O4. The number of aromatic nitrogens is 1. The molecule has 0 saturated carbocycles. The Morgan fingerprint density at radius 2 is 2.16 bits per heavy atom. The zero-order valence-corrected chi connectivity index (χ0v) is 11.6. The van der Waals surface area contributed by atoms with Crippen molar-refractivity contribution < 1.29 is 19.1 Å². The molecule has 2 N–H and O–H groups in total. The normalized spacial score (nSPS) is 11.2. The molecule has 0 radical (unpaired) electrons. The first kappa shape index (κ1) is 15.0. The smallest absolute Gasteiger partial charge is 0.329 e. The monoisotopic (exact) mass is 269 g/mol. The molecule has 0 aliphatic carbocycles. The average Bonchev–Trinajstić information content (AvgIpc) is 2.73. The van der Waals surface area contributed by atoms with Crippen molar-refractivity contribution in [2.24, 2.45) is 0 Å². The van der Waals surface area contributed by atoms with Gasteiger partial charge in [-0.2, -0.15) is 0 Å². The Labute approximate surface area is 111 Å². The number of rotatable bonds is 5. The van der Waals surface area contributed by atoms with Crippen molar-refractivity contribution in [3.05, 3.63) is 17.8 Å². The quantitative estimate of drug-likeness (QED) is 0.841. The molecule has 0 aliphatic heterocycles. The number of nitrogens with zero attached hydrogens (tertiary/aromatic N) is 2. The summed E-state index contributed by atoms with van der Waals surface area (Å²) in [6.45, 7) is 6.85. The van der Waals surface area contributed by atoms with Crippen LogP contribution in [0.4, 0.5) is 4.79 Å². The van der Waals surface area contributed by atoms with Crippen molar-refractivity contribution in [2.75, 3.05) is 6.54 Å². The standard InChI is InChI=1S/C12H19N3O4/c1-5-15(12(3,4)10(16)17)11(18)14-7-9-13-6-8(2)19-9/h6H,5,7H2,1-4H3,(H,14,18)(H,16,17). The second-order valence-corrected chi connectivity index (χ2v) is 4.63. The number of amides is 2. The summed E-state index contributed by atoms with van der Waals surface area (Å²) in [5.41, 5.74) is -1.27. The third-order valence-electron chi connectivity index (χ3n) is 2.82. The van der Waals surface area contributed by atoms with E-state index in [1.54, 1.807) is 20.0 Å². The maximum atomic E-state index is 12.0. The molecule has 1 heterocycles. The zero-order valence-electron chi connectivity index (χ0n) is 11.6. The number of aryl methyl sites for hydroxylation is 1. The first-order chi connectivity index (χ1) is 8.78. The van der Waals surface area contributed by atoms with Gasteiger partial charge in [-0.15, -0.1) is 0 Å². The van der Waals surface area contributed by atoms with Crippen LogP contribution in [0.25, 0.3) is 0 Å². The van der Waals surface area contributed by atoms with Crippen LogP contribution in [0.3, 0.4) is 0 Å². The third-order valence-corrected chi connectivity index (χ3v) is 2.82. The number of carboxylic acids is 1. The molecule has 0 unspecified atom stereocenters. The lowest BCUT2D eigenvalue weighted by Gasteiger charge is -2.33. The number of nitrogens with one attached hydrogen (secondary N) is 1. The van der Waals surface area contributed by atoms with Gasteiger partial charge in [-0.1, -0.05) is 0 Å². The van der Waals surface area contributed by atoms with E-state index in [2.05, 4.69) is 10.3 Å². The summed E-state index contributed by atoms with van der Waals surface area (Å²) in [5.74, 6) is -0.0195. The van der Waals surface area contributed by atoms with E-state index < -0.39 is 17.5 Å². The maximum absolute atomic E-state index is 12.0. The molecule has 106 valence electrons. The van der Waals surface area contributed by atoms with Crippen LogP contribution >= 0.6 is 0 Å². The molecule has 0 spiro atoms. The van der Waals surface area contributed by atoms with Gasteiger partial charge >= 0.3 is 12.0 Å². The maximum Gasteiger partial charge on any atom is 0.329 e. The van der Waals surface area contributed by atoms with Crippen LogP contribution in [0.1, 0.15) is 32.4 Å². The number of hydrogen-bond donors (Lipinski definition) is 2. The highest BCUT2D eigenvalue weighted by atomic mass is 16.4. The highest BCUT2D eigenvalue weighted by molar-refractivity contribution is 5.85. The summed E-state index contributed by atoms with van der Waals surface area (Å²) in [7, 11) is 0. The minimum absolute atomic E-state index is 0.124. The number of carboxylic acid groups (broad SMARTS) is 1. The summed E-state index contributed by atoms with van der Waals surface area (Å²) in [6.07, 6.45) is 1.56. The lowest BCUT2D eigenvalue weighted by atomic mass is 10.0. The summed E-state index contributed by atoms with van der Waals surface area (Å²) in [4.78, 5) is 28.3. The van der Waals surface area contributed by atoms with Crippen LogP contribution < -0.4 is 5.32 Å². The fraction of sp³-hybridized carbons (Fsp3) is 0.583. The Morgan fingerprint density at radius 3 is 2.58 bits per heavy atom. The van der Waals surface area contributed by atoms with E-state index in [1.807, 2.05) is 0 Å². The van der Waals surface area contributed by atoms with Gasteiger partial charge < -0.3 is 19.7 Å². The molecule has 0 saturated heterocycles. The summed E-state index contributed by atoms with van der Waals surface area (Å²) >= 11 is 0. The topological polar surface area (TPSA) is 95.7 Å². The van der Waals surface area contributed by atoms with Crippen LogP contribution in [-0.4, -0.2) is 39.1 Å². The molecule has 1 aromatic heterocycles. The van der Waals surface area contributed by atoms with E-state index in [0.29, 0.717) is 11.7 Å². The van der Waals surface area contributed by atoms with Crippen molar-refractivity contribution in [3.8, 4) is 0 Å². The molecule has 7 heteroatoms. The Bertz CT molecular complexity index is 467. The Hall–Kier alpha value is -2.05. The SMILES string of the molecule is CCN(C(=O)NCc1ncc(C)o1)C(C)(C)C(=O)O. The van der Waals surface area contributed by atoms with Crippen LogP contribution in [0.15, 0.2) is 10.6 Å². The van der Waals surface area contributed by atoms with Crippen molar-refractivity contribution >= 4 is 12.0 Å². The van der Waals surface area contributed by atoms with Gasteiger partial charge in [0.15, 0.2) is 0 Å². The molecule has 7 nitrogen and oxygen atoms in total. The fourth-order valence-electron chi connectivity index (χ4n) is 1.64. The van der Waals surface area contributed by atoms with Gasteiger partial charge in [0.05, 0.1) is 12.7 Å². The van der Waals surface area contributed by atoms with Gasteiger partial charge in [0.25, 0.3) is 0 Å². The summed E-state index contributed by atoms with van der Waals surface area (Å²) in [5, 5.41) is 11.7. The van der Waals surface area contributed by atoms with Gasteiger partial charge in [0.1, 0.15) is 11.3 Å². The minimum Gasteiger partial charge on any atom is -0.480 e. The van der Waals surface area contributed by atoms with Gasteiger partial charge in [0.2, 0.25) is 5.89 Å². The molecule has 1 rings (SSSR count). The van der Waals surface area contributed by atoms with Gasteiger partial charge in [-0.25, -0.2) is 14.6 Å². The van der Waals surface area contributed by atoms with E-state index in [9.17, 15) is 9.59 Å². The van der Waals surface area contributed by atoms with E-state index in [-0.39, 0.29) is 13.1 Å². The molecular weight excluding hydrogens is 250 g/mol. The van der Waals surface area contributed by atoms with Gasteiger partial charge in [-0.3, -0.25) is 0 Å². The minimum atomic E-state index is -1.27. The predicted octanol–water partition coefficient (Wildman–Crippen LogP) is 1.38. The van der Waals surface area contributed by atoms with Crippen molar-refractivity contribution in [1.29, 1.82) is 0 Å².